The molecule has 1 aromatic heterocycles. The fourth-order valence-electron chi connectivity index (χ4n) is 1.77. The number of hydrogen-bond donors (Lipinski definition) is 2. The molecule has 0 aliphatic carbocycles. The molecule has 104 valence electrons. The molecule has 0 fully saturated rings. The van der Waals surface area contributed by atoms with Crippen LogP contribution in [0.5, 0.6) is 0 Å². The van der Waals surface area contributed by atoms with Crippen molar-refractivity contribution in [1.82, 2.24) is 15.2 Å². The van der Waals surface area contributed by atoms with Crippen molar-refractivity contribution in [2.75, 3.05) is 13.1 Å². The van der Waals surface area contributed by atoms with Crippen LogP contribution in [-0.4, -0.2) is 23.6 Å². The molecule has 0 radical (unpaired) electrons. The fraction of sp³-hybridized carbons (Fsp3) is 0.571. The number of amides is 1. The van der Waals surface area contributed by atoms with Crippen molar-refractivity contribution in [2.45, 2.75) is 39.3 Å². The molecule has 1 amide bonds. The average molecular weight is 262 g/mol. The van der Waals surface area contributed by atoms with Gasteiger partial charge in [-0.2, -0.15) is 5.26 Å². The number of carbonyl (C=O) groups excluding carboxylic acids is 1. The minimum atomic E-state index is -0.0634. The Morgan fingerprint density at radius 2 is 2.32 bits per heavy atom. The van der Waals surface area contributed by atoms with E-state index in [0.717, 1.165) is 13.0 Å². The Bertz CT molecular complexity index is 433. The second kappa shape index (κ2) is 8.33. The van der Waals surface area contributed by atoms with Gasteiger partial charge in [-0.1, -0.05) is 6.92 Å². The van der Waals surface area contributed by atoms with E-state index in [0.29, 0.717) is 25.6 Å². The number of hydrogen-bond acceptors (Lipinski definition) is 3. The van der Waals surface area contributed by atoms with E-state index in [9.17, 15) is 4.79 Å². The largest absolute Gasteiger partial charge is 0.354 e. The predicted molar refractivity (Wildman–Crippen MR) is 74.4 cm³/mol. The molecular weight excluding hydrogens is 240 g/mol. The zero-order valence-corrected chi connectivity index (χ0v) is 11.6. The maximum Gasteiger partial charge on any atom is 0.239 e. The third kappa shape index (κ3) is 5.58. The first-order valence-electron chi connectivity index (χ1n) is 6.70. The molecule has 19 heavy (non-hydrogen) atoms. The highest BCUT2D eigenvalue weighted by molar-refractivity contribution is 5.75. The lowest BCUT2D eigenvalue weighted by Crippen LogP contribution is -2.27. The van der Waals surface area contributed by atoms with Crippen molar-refractivity contribution in [1.29, 1.82) is 5.26 Å². The first-order chi connectivity index (χ1) is 9.17. The van der Waals surface area contributed by atoms with Crippen LogP contribution >= 0.6 is 0 Å². The number of nitrogens with zero attached hydrogens (tertiary/aromatic N) is 2. The Morgan fingerprint density at radius 3 is 3.00 bits per heavy atom. The maximum absolute atomic E-state index is 11.6. The number of nitrogens with one attached hydrogen (secondary N) is 2. The fourth-order valence-corrected chi connectivity index (χ4v) is 1.77. The highest BCUT2D eigenvalue weighted by atomic mass is 16.1. The second-order valence-corrected chi connectivity index (χ2v) is 4.55. The van der Waals surface area contributed by atoms with Gasteiger partial charge in [0.15, 0.2) is 0 Å². The highest BCUT2D eigenvalue weighted by Crippen LogP contribution is 2.12. The standard InChI is InChI=1S/C14H22N4O/c1-3-7-16-12(2)13-5-9-18(10-13)11-14(19)17-8-4-6-15/h5,9-10,12,16H,3-4,7-8,11H2,1-2H3,(H,17,19). The smallest absolute Gasteiger partial charge is 0.239 e. The monoisotopic (exact) mass is 262 g/mol. The van der Waals surface area contributed by atoms with E-state index >= 15 is 0 Å². The number of aromatic nitrogens is 1. The first-order valence-corrected chi connectivity index (χ1v) is 6.70. The van der Waals surface area contributed by atoms with Crippen LogP contribution in [0.1, 0.15) is 38.3 Å². The molecule has 0 aliphatic heterocycles. The molecule has 2 N–H and O–H groups in total. The lowest BCUT2D eigenvalue weighted by Gasteiger charge is -2.11. The van der Waals surface area contributed by atoms with Crippen LogP contribution in [0.2, 0.25) is 0 Å². The molecule has 1 atom stereocenters. The summed E-state index contributed by atoms with van der Waals surface area (Å²) in [5, 5.41) is 14.5. The van der Waals surface area contributed by atoms with Crippen molar-refractivity contribution in [3.63, 3.8) is 0 Å². The van der Waals surface area contributed by atoms with Crippen LogP contribution in [-0.2, 0) is 11.3 Å². The summed E-state index contributed by atoms with van der Waals surface area (Å²) < 4.78 is 1.86. The number of nitriles is 1. The van der Waals surface area contributed by atoms with Gasteiger partial charge in [-0.25, -0.2) is 0 Å². The van der Waals surface area contributed by atoms with E-state index < -0.39 is 0 Å². The van der Waals surface area contributed by atoms with Gasteiger partial charge in [-0.3, -0.25) is 4.79 Å². The molecule has 0 aromatic carbocycles. The van der Waals surface area contributed by atoms with Gasteiger partial charge in [0, 0.05) is 25.0 Å². The molecule has 0 spiro atoms. The van der Waals surface area contributed by atoms with Crippen LogP contribution in [0.4, 0.5) is 0 Å². The lowest BCUT2D eigenvalue weighted by molar-refractivity contribution is -0.121. The molecule has 1 aromatic rings. The molecule has 1 unspecified atom stereocenters. The first kappa shape index (κ1) is 15.3. The topological polar surface area (TPSA) is 69.8 Å². The van der Waals surface area contributed by atoms with Crippen molar-refractivity contribution in [3.8, 4) is 6.07 Å². The molecule has 1 rings (SSSR count). The third-order valence-electron chi connectivity index (χ3n) is 2.86. The Kier molecular flexibility index (Phi) is 6.69. The molecule has 0 saturated carbocycles. The summed E-state index contributed by atoms with van der Waals surface area (Å²) in [7, 11) is 0. The van der Waals surface area contributed by atoms with Crippen molar-refractivity contribution >= 4 is 5.91 Å². The summed E-state index contributed by atoms with van der Waals surface area (Å²) >= 11 is 0. The third-order valence-corrected chi connectivity index (χ3v) is 2.86. The van der Waals surface area contributed by atoms with E-state index in [1.807, 2.05) is 29.1 Å². The van der Waals surface area contributed by atoms with Crippen LogP contribution in [0.25, 0.3) is 0 Å². The van der Waals surface area contributed by atoms with E-state index in [4.69, 9.17) is 5.26 Å². The molecule has 0 saturated heterocycles. The lowest BCUT2D eigenvalue weighted by atomic mass is 10.2. The Morgan fingerprint density at radius 1 is 1.53 bits per heavy atom. The molecule has 0 aliphatic rings. The zero-order chi connectivity index (χ0) is 14.1. The summed E-state index contributed by atoms with van der Waals surface area (Å²) in [6.07, 6.45) is 5.34. The Labute approximate surface area is 114 Å². The molecule has 0 bridgehead atoms. The second-order valence-electron chi connectivity index (χ2n) is 4.55. The van der Waals surface area contributed by atoms with Crippen molar-refractivity contribution in [3.05, 3.63) is 24.0 Å². The summed E-state index contributed by atoms with van der Waals surface area (Å²) in [6.45, 7) is 5.95. The highest BCUT2D eigenvalue weighted by Gasteiger charge is 2.07. The SMILES string of the molecule is CCCNC(C)c1ccn(CC(=O)NCCC#N)c1. The van der Waals surface area contributed by atoms with Gasteiger partial charge in [0.05, 0.1) is 12.5 Å². The number of rotatable bonds is 8. The zero-order valence-electron chi connectivity index (χ0n) is 11.6. The minimum absolute atomic E-state index is 0.0634. The summed E-state index contributed by atoms with van der Waals surface area (Å²) in [4.78, 5) is 11.6. The van der Waals surface area contributed by atoms with Crippen LogP contribution in [0.15, 0.2) is 18.5 Å². The van der Waals surface area contributed by atoms with Crippen LogP contribution in [0.3, 0.4) is 0 Å². The summed E-state index contributed by atoms with van der Waals surface area (Å²) in [5.41, 5.74) is 1.18. The Hall–Kier alpha value is -1.80. The van der Waals surface area contributed by atoms with Gasteiger partial charge >= 0.3 is 0 Å². The predicted octanol–water partition coefficient (Wildman–Crippen LogP) is 1.58. The van der Waals surface area contributed by atoms with Crippen LogP contribution in [0, 0.1) is 11.3 Å². The van der Waals surface area contributed by atoms with Gasteiger partial charge in [0.25, 0.3) is 0 Å². The summed E-state index contributed by atoms with van der Waals surface area (Å²) in [6, 6.07) is 4.31. The van der Waals surface area contributed by atoms with E-state index in [-0.39, 0.29) is 5.91 Å². The van der Waals surface area contributed by atoms with Gasteiger partial charge in [-0.05, 0) is 31.5 Å². The van der Waals surface area contributed by atoms with Gasteiger partial charge in [-0.15, -0.1) is 0 Å². The van der Waals surface area contributed by atoms with E-state index in [2.05, 4.69) is 24.5 Å². The summed E-state index contributed by atoms with van der Waals surface area (Å²) in [5.74, 6) is -0.0634. The molecule has 5 nitrogen and oxygen atoms in total. The number of carbonyl (C=O) groups is 1. The minimum Gasteiger partial charge on any atom is -0.354 e. The average Bonchev–Trinajstić information content (AvgIpc) is 2.84. The van der Waals surface area contributed by atoms with Crippen molar-refractivity contribution < 1.29 is 4.79 Å². The van der Waals surface area contributed by atoms with Crippen LogP contribution < -0.4 is 10.6 Å². The van der Waals surface area contributed by atoms with Gasteiger partial charge in [0.2, 0.25) is 5.91 Å². The van der Waals surface area contributed by atoms with Gasteiger partial charge in [0.1, 0.15) is 6.54 Å². The maximum atomic E-state index is 11.6. The van der Waals surface area contributed by atoms with Gasteiger partial charge < -0.3 is 15.2 Å². The normalized spacial score (nSPS) is 11.8. The van der Waals surface area contributed by atoms with E-state index in [1.54, 1.807) is 0 Å². The molecule has 5 heteroatoms. The molecule has 1 heterocycles. The van der Waals surface area contributed by atoms with E-state index in [1.165, 1.54) is 5.56 Å². The Balaban J connectivity index is 2.42. The molecular formula is C14H22N4O. The van der Waals surface area contributed by atoms with Crippen molar-refractivity contribution in [2.24, 2.45) is 0 Å². The quantitative estimate of drug-likeness (QED) is 0.699.